The molecule has 34 heavy (non-hydrogen) atoms. The predicted octanol–water partition coefficient (Wildman–Crippen LogP) is 4.29. The number of ether oxygens (including phenoxy) is 1. The molecule has 2 amide bonds. The molecule has 2 heterocycles. The number of methoxy groups -OCH3 is 1. The van der Waals surface area contributed by atoms with Gasteiger partial charge in [-0.1, -0.05) is 42.8 Å². The van der Waals surface area contributed by atoms with Crippen LogP contribution in [0, 0.1) is 0 Å². The Morgan fingerprint density at radius 2 is 1.79 bits per heavy atom. The summed E-state index contributed by atoms with van der Waals surface area (Å²) >= 11 is 1.32. The minimum Gasteiger partial charge on any atom is -0.496 e. The second kappa shape index (κ2) is 11.8. The van der Waals surface area contributed by atoms with Gasteiger partial charge >= 0.3 is 0 Å². The molecule has 1 saturated heterocycles. The van der Waals surface area contributed by atoms with E-state index < -0.39 is 0 Å². The van der Waals surface area contributed by atoms with E-state index in [-0.39, 0.29) is 24.3 Å². The van der Waals surface area contributed by atoms with E-state index in [0.717, 1.165) is 37.2 Å². The molecule has 1 unspecified atom stereocenters. The van der Waals surface area contributed by atoms with Crippen LogP contribution in [0.25, 0.3) is 0 Å². The zero-order valence-electron chi connectivity index (χ0n) is 19.3. The molecule has 3 aromatic rings. The van der Waals surface area contributed by atoms with Crippen molar-refractivity contribution >= 4 is 28.3 Å². The summed E-state index contributed by atoms with van der Waals surface area (Å²) < 4.78 is 5.60. The van der Waals surface area contributed by atoms with Crippen molar-refractivity contribution in [3.8, 4) is 5.75 Å². The third-order valence-electron chi connectivity index (χ3n) is 5.97. The standard InChI is InChI=1S/C26H30N4O3S/c1-33-23-13-7-6-12-21(23)22(30-14-8-3-9-15-30)17-27-24(31)16-20-18-34-26(28-20)29-25(32)19-10-4-2-5-11-19/h2,4-7,10-13,18,22H,3,8-9,14-17H2,1H3,(H,27,31)(H,28,29,32). The van der Waals surface area contributed by atoms with E-state index in [9.17, 15) is 9.59 Å². The smallest absolute Gasteiger partial charge is 0.257 e. The van der Waals surface area contributed by atoms with Crippen LogP contribution >= 0.6 is 11.3 Å². The first-order chi connectivity index (χ1) is 16.6. The zero-order chi connectivity index (χ0) is 23.8. The predicted molar refractivity (Wildman–Crippen MR) is 134 cm³/mol. The van der Waals surface area contributed by atoms with Crippen LogP contribution in [0.2, 0.25) is 0 Å². The van der Waals surface area contributed by atoms with Gasteiger partial charge in [-0.25, -0.2) is 4.98 Å². The Bertz CT molecular complexity index is 1100. The molecule has 1 aliphatic heterocycles. The summed E-state index contributed by atoms with van der Waals surface area (Å²) in [5, 5.41) is 8.18. The maximum atomic E-state index is 12.8. The Morgan fingerprint density at radius 1 is 1.06 bits per heavy atom. The average molecular weight is 479 g/mol. The molecular formula is C26H30N4O3S. The van der Waals surface area contributed by atoms with Crippen molar-refractivity contribution in [2.24, 2.45) is 0 Å². The largest absolute Gasteiger partial charge is 0.496 e. The van der Waals surface area contributed by atoms with Gasteiger partial charge in [-0.15, -0.1) is 11.3 Å². The number of hydrogen-bond acceptors (Lipinski definition) is 6. The van der Waals surface area contributed by atoms with Crippen molar-refractivity contribution in [1.82, 2.24) is 15.2 Å². The fourth-order valence-corrected chi connectivity index (χ4v) is 4.95. The molecule has 1 fully saturated rings. The SMILES string of the molecule is COc1ccccc1C(CNC(=O)Cc1csc(NC(=O)c2ccccc2)n1)N1CCCCC1. The fourth-order valence-electron chi connectivity index (χ4n) is 4.25. The van der Waals surface area contributed by atoms with Crippen LogP contribution in [0.4, 0.5) is 5.13 Å². The van der Waals surface area contributed by atoms with E-state index in [1.807, 2.05) is 41.8 Å². The number of hydrogen-bond donors (Lipinski definition) is 2. The third kappa shape index (κ3) is 6.21. The summed E-state index contributed by atoms with van der Waals surface area (Å²) in [5.41, 5.74) is 2.29. The molecule has 2 N–H and O–H groups in total. The van der Waals surface area contributed by atoms with Crippen LogP contribution < -0.4 is 15.4 Å². The number of thiazole rings is 1. The van der Waals surface area contributed by atoms with E-state index in [4.69, 9.17) is 4.74 Å². The van der Waals surface area contributed by atoms with Gasteiger partial charge in [0.25, 0.3) is 5.91 Å². The molecular weight excluding hydrogens is 448 g/mol. The normalized spacial score (nSPS) is 14.9. The second-order valence-corrected chi connectivity index (χ2v) is 9.16. The molecule has 0 aliphatic carbocycles. The van der Waals surface area contributed by atoms with E-state index in [1.165, 1.54) is 17.8 Å². The summed E-state index contributed by atoms with van der Waals surface area (Å²) in [7, 11) is 1.68. The van der Waals surface area contributed by atoms with Crippen molar-refractivity contribution in [1.29, 1.82) is 0 Å². The Labute approximate surface area is 204 Å². The molecule has 1 atom stereocenters. The average Bonchev–Trinajstić information content (AvgIpc) is 3.32. The van der Waals surface area contributed by atoms with Crippen LogP contribution in [0.15, 0.2) is 60.0 Å². The molecule has 8 heteroatoms. The monoisotopic (exact) mass is 478 g/mol. The zero-order valence-corrected chi connectivity index (χ0v) is 20.1. The highest BCUT2D eigenvalue weighted by atomic mass is 32.1. The number of likely N-dealkylation sites (tertiary alicyclic amines) is 1. The number of carbonyl (C=O) groups excluding carboxylic acids is 2. The molecule has 178 valence electrons. The van der Waals surface area contributed by atoms with Gasteiger partial charge in [0.2, 0.25) is 5.91 Å². The van der Waals surface area contributed by atoms with E-state index >= 15 is 0 Å². The van der Waals surface area contributed by atoms with Crippen molar-refractivity contribution in [3.63, 3.8) is 0 Å². The number of amides is 2. The number of nitrogens with one attached hydrogen (secondary N) is 2. The molecule has 2 aromatic carbocycles. The second-order valence-electron chi connectivity index (χ2n) is 8.30. The fraction of sp³-hybridized carbons (Fsp3) is 0.346. The Kier molecular flexibility index (Phi) is 8.27. The lowest BCUT2D eigenvalue weighted by Crippen LogP contribution is -2.41. The minimum absolute atomic E-state index is 0.0524. The molecule has 0 bridgehead atoms. The van der Waals surface area contributed by atoms with Gasteiger partial charge in [0.15, 0.2) is 5.13 Å². The van der Waals surface area contributed by atoms with Gasteiger partial charge in [0.05, 0.1) is 25.3 Å². The number of aromatic nitrogens is 1. The summed E-state index contributed by atoms with van der Waals surface area (Å²) in [4.78, 5) is 31.9. The van der Waals surface area contributed by atoms with Gasteiger partial charge in [0, 0.05) is 23.1 Å². The molecule has 0 spiro atoms. The van der Waals surface area contributed by atoms with Crippen molar-refractivity contribution in [3.05, 3.63) is 76.8 Å². The minimum atomic E-state index is -0.216. The lowest BCUT2D eigenvalue weighted by molar-refractivity contribution is -0.120. The van der Waals surface area contributed by atoms with Gasteiger partial charge in [-0.2, -0.15) is 0 Å². The highest BCUT2D eigenvalue weighted by molar-refractivity contribution is 7.14. The van der Waals surface area contributed by atoms with Gasteiger partial charge in [-0.05, 0) is 44.1 Å². The Balaban J connectivity index is 1.36. The molecule has 4 rings (SSSR count). The molecule has 1 aromatic heterocycles. The number of nitrogens with zero attached hydrogens (tertiary/aromatic N) is 2. The number of benzene rings is 2. The number of para-hydroxylation sites is 1. The van der Waals surface area contributed by atoms with E-state index in [0.29, 0.717) is 22.9 Å². The highest BCUT2D eigenvalue weighted by Crippen LogP contribution is 2.31. The maximum Gasteiger partial charge on any atom is 0.257 e. The van der Waals surface area contributed by atoms with Crippen molar-refractivity contribution in [2.75, 3.05) is 32.1 Å². The highest BCUT2D eigenvalue weighted by Gasteiger charge is 2.25. The van der Waals surface area contributed by atoms with Crippen molar-refractivity contribution < 1.29 is 14.3 Å². The van der Waals surface area contributed by atoms with Crippen LogP contribution in [0.5, 0.6) is 5.75 Å². The van der Waals surface area contributed by atoms with Crippen LogP contribution in [-0.4, -0.2) is 48.4 Å². The number of anilines is 1. The summed E-state index contributed by atoms with van der Waals surface area (Å²) in [6, 6.07) is 17.1. The molecule has 0 radical (unpaired) electrons. The molecule has 7 nitrogen and oxygen atoms in total. The lowest BCUT2D eigenvalue weighted by atomic mass is 10.0. The molecule has 0 saturated carbocycles. The number of carbonyl (C=O) groups is 2. The van der Waals surface area contributed by atoms with Crippen molar-refractivity contribution in [2.45, 2.75) is 31.7 Å². The first kappa shape index (κ1) is 23.9. The molecule has 1 aliphatic rings. The van der Waals surface area contributed by atoms with Crippen LogP contribution in [-0.2, 0) is 11.2 Å². The van der Waals surface area contributed by atoms with Gasteiger partial charge in [0.1, 0.15) is 5.75 Å². The maximum absolute atomic E-state index is 12.8. The Morgan fingerprint density at radius 3 is 2.56 bits per heavy atom. The first-order valence-corrected chi connectivity index (χ1v) is 12.5. The van der Waals surface area contributed by atoms with E-state index in [1.54, 1.807) is 19.2 Å². The topological polar surface area (TPSA) is 83.6 Å². The number of piperidine rings is 1. The van der Waals surface area contributed by atoms with Gasteiger partial charge < -0.3 is 10.1 Å². The summed E-state index contributed by atoms with van der Waals surface area (Å²) in [6.07, 6.45) is 3.73. The first-order valence-electron chi connectivity index (χ1n) is 11.6. The van der Waals surface area contributed by atoms with Crippen LogP contribution in [0.1, 0.15) is 46.9 Å². The third-order valence-corrected chi connectivity index (χ3v) is 6.78. The van der Waals surface area contributed by atoms with E-state index in [2.05, 4.69) is 26.6 Å². The Hall–Kier alpha value is -3.23. The van der Waals surface area contributed by atoms with Crippen LogP contribution in [0.3, 0.4) is 0 Å². The summed E-state index contributed by atoms with van der Waals surface area (Å²) in [6.45, 7) is 2.52. The quantitative estimate of drug-likeness (QED) is 0.479. The lowest BCUT2D eigenvalue weighted by Gasteiger charge is -2.35. The summed E-state index contributed by atoms with van der Waals surface area (Å²) in [5.74, 6) is 0.529. The van der Waals surface area contributed by atoms with Gasteiger partial charge in [-0.3, -0.25) is 19.8 Å². The number of rotatable bonds is 9.